The number of amides is 2. The Balaban J connectivity index is 1.62. The van der Waals surface area contributed by atoms with Crippen LogP contribution < -0.4 is 10.6 Å². The Hall–Kier alpha value is -2.82. The van der Waals surface area contributed by atoms with Crippen LogP contribution in [0.4, 0.5) is 16.2 Å². The molecular formula is C22H26N2O3. The molecule has 1 aliphatic carbocycles. The van der Waals surface area contributed by atoms with Crippen molar-refractivity contribution >= 4 is 23.4 Å². The Morgan fingerprint density at radius 1 is 0.963 bits per heavy atom. The first-order chi connectivity index (χ1) is 12.8. The lowest BCUT2D eigenvalue weighted by Gasteiger charge is -2.24. The van der Waals surface area contributed by atoms with Crippen molar-refractivity contribution < 1.29 is 14.3 Å². The summed E-state index contributed by atoms with van der Waals surface area (Å²) in [6, 6.07) is 15.2. The van der Waals surface area contributed by atoms with Crippen molar-refractivity contribution in [2.45, 2.75) is 51.6 Å². The molecule has 142 valence electrons. The zero-order valence-electron chi connectivity index (χ0n) is 16.0. The summed E-state index contributed by atoms with van der Waals surface area (Å²) in [5, 5.41) is 5.67. The van der Waals surface area contributed by atoms with Crippen LogP contribution in [0.5, 0.6) is 0 Å². The van der Waals surface area contributed by atoms with Gasteiger partial charge in [0.2, 0.25) is 5.91 Å². The molecule has 2 aromatic rings. The van der Waals surface area contributed by atoms with Crippen molar-refractivity contribution in [2.75, 3.05) is 10.6 Å². The summed E-state index contributed by atoms with van der Waals surface area (Å²) >= 11 is 0. The molecule has 5 nitrogen and oxygen atoms in total. The van der Waals surface area contributed by atoms with Gasteiger partial charge in [0.05, 0.1) is 5.92 Å². The van der Waals surface area contributed by atoms with Gasteiger partial charge in [-0.05, 0) is 75.4 Å². The maximum Gasteiger partial charge on any atom is 0.412 e. The van der Waals surface area contributed by atoms with Crippen LogP contribution in [-0.4, -0.2) is 17.6 Å². The molecule has 0 bridgehead atoms. The number of aryl methyl sites for hydroxylation is 1. The van der Waals surface area contributed by atoms with Crippen molar-refractivity contribution in [1.82, 2.24) is 0 Å². The van der Waals surface area contributed by atoms with Crippen LogP contribution >= 0.6 is 0 Å². The number of nitrogens with one attached hydrogen (secondary N) is 2. The van der Waals surface area contributed by atoms with Crippen molar-refractivity contribution in [3.63, 3.8) is 0 Å². The first kappa shape index (κ1) is 19.0. The summed E-state index contributed by atoms with van der Waals surface area (Å²) < 4.78 is 5.23. The van der Waals surface area contributed by atoms with Crippen LogP contribution in [0, 0.1) is 0 Å². The van der Waals surface area contributed by atoms with Gasteiger partial charge in [-0.25, -0.2) is 4.79 Å². The summed E-state index contributed by atoms with van der Waals surface area (Å²) in [4.78, 5) is 24.6. The first-order valence-corrected chi connectivity index (χ1v) is 9.30. The number of benzene rings is 2. The van der Waals surface area contributed by atoms with E-state index in [4.69, 9.17) is 4.74 Å². The molecule has 0 aromatic heterocycles. The van der Waals surface area contributed by atoms with Crippen molar-refractivity contribution in [3.8, 4) is 0 Å². The highest BCUT2D eigenvalue weighted by Gasteiger charge is 2.26. The Kier molecular flexibility index (Phi) is 5.49. The van der Waals surface area contributed by atoms with Gasteiger partial charge in [-0.1, -0.05) is 24.3 Å². The van der Waals surface area contributed by atoms with Gasteiger partial charge in [0.15, 0.2) is 0 Å². The lowest BCUT2D eigenvalue weighted by atomic mass is 9.82. The molecule has 5 heteroatoms. The van der Waals surface area contributed by atoms with E-state index in [9.17, 15) is 9.59 Å². The van der Waals surface area contributed by atoms with Crippen molar-refractivity contribution in [3.05, 3.63) is 59.7 Å². The smallest absolute Gasteiger partial charge is 0.412 e. The van der Waals surface area contributed by atoms with Gasteiger partial charge < -0.3 is 10.1 Å². The topological polar surface area (TPSA) is 67.4 Å². The summed E-state index contributed by atoms with van der Waals surface area (Å²) in [6.07, 6.45) is 2.41. The quantitative estimate of drug-likeness (QED) is 0.795. The largest absolute Gasteiger partial charge is 0.444 e. The lowest BCUT2D eigenvalue weighted by Crippen LogP contribution is -2.27. The second-order valence-electron chi connectivity index (χ2n) is 7.84. The van der Waals surface area contributed by atoms with Gasteiger partial charge in [-0.15, -0.1) is 0 Å². The zero-order chi connectivity index (χ0) is 19.4. The molecule has 3 rings (SSSR count). The second-order valence-corrected chi connectivity index (χ2v) is 7.84. The van der Waals surface area contributed by atoms with Crippen LogP contribution in [0.3, 0.4) is 0 Å². The minimum Gasteiger partial charge on any atom is -0.444 e. The third-order valence-corrected chi connectivity index (χ3v) is 4.48. The predicted octanol–water partition coefficient (Wildman–Crippen LogP) is 5.09. The molecule has 1 unspecified atom stereocenters. The zero-order valence-corrected chi connectivity index (χ0v) is 16.0. The number of hydrogen-bond acceptors (Lipinski definition) is 3. The van der Waals surface area contributed by atoms with E-state index in [2.05, 4.69) is 16.7 Å². The molecule has 1 aliphatic rings. The third kappa shape index (κ3) is 5.09. The Morgan fingerprint density at radius 2 is 1.59 bits per heavy atom. The number of rotatable bonds is 3. The fraction of sp³-hybridized carbons (Fsp3) is 0.364. The monoisotopic (exact) mass is 366 g/mol. The van der Waals surface area contributed by atoms with Gasteiger partial charge in [-0.3, -0.25) is 10.1 Å². The maximum absolute atomic E-state index is 12.7. The molecule has 0 radical (unpaired) electrons. The number of carbonyl (C=O) groups is 2. The highest BCUT2D eigenvalue weighted by Crippen LogP contribution is 2.32. The SMILES string of the molecule is CC(C)(C)OC(=O)Nc1ccc(NC(=O)C2CCCc3ccccc32)cc1. The highest BCUT2D eigenvalue weighted by molar-refractivity contribution is 5.96. The predicted molar refractivity (Wildman–Crippen MR) is 107 cm³/mol. The fourth-order valence-corrected chi connectivity index (χ4v) is 3.31. The first-order valence-electron chi connectivity index (χ1n) is 9.30. The Bertz CT molecular complexity index is 822. The number of anilines is 2. The van der Waals surface area contributed by atoms with Crippen LogP contribution in [0.25, 0.3) is 0 Å². The van der Waals surface area contributed by atoms with E-state index in [0.29, 0.717) is 11.4 Å². The summed E-state index contributed by atoms with van der Waals surface area (Å²) in [5.41, 5.74) is 3.17. The number of fused-ring (bicyclic) bond motifs is 1. The number of hydrogen-bond donors (Lipinski definition) is 2. The number of ether oxygens (including phenoxy) is 1. The van der Waals surface area contributed by atoms with Crippen LogP contribution in [0.2, 0.25) is 0 Å². The van der Waals surface area contributed by atoms with Gasteiger partial charge in [0.1, 0.15) is 5.60 Å². The lowest BCUT2D eigenvalue weighted by molar-refractivity contribution is -0.117. The fourth-order valence-electron chi connectivity index (χ4n) is 3.31. The Morgan fingerprint density at radius 3 is 2.26 bits per heavy atom. The molecule has 0 saturated carbocycles. The van der Waals surface area contributed by atoms with E-state index in [0.717, 1.165) is 24.8 Å². The van der Waals surface area contributed by atoms with Crippen LogP contribution in [0.15, 0.2) is 48.5 Å². The molecular weight excluding hydrogens is 340 g/mol. The molecule has 2 aromatic carbocycles. The summed E-state index contributed by atoms with van der Waals surface area (Å²) in [6.45, 7) is 5.44. The van der Waals surface area contributed by atoms with Gasteiger partial charge >= 0.3 is 6.09 Å². The van der Waals surface area contributed by atoms with Gasteiger partial charge in [0, 0.05) is 11.4 Å². The third-order valence-electron chi connectivity index (χ3n) is 4.48. The Labute approximate surface area is 160 Å². The van der Waals surface area contributed by atoms with E-state index in [1.807, 2.05) is 39.0 Å². The van der Waals surface area contributed by atoms with Crippen molar-refractivity contribution in [1.29, 1.82) is 0 Å². The van der Waals surface area contributed by atoms with E-state index >= 15 is 0 Å². The number of carbonyl (C=O) groups excluding carboxylic acids is 2. The average molecular weight is 366 g/mol. The normalized spacial score (nSPS) is 16.2. The van der Waals surface area contributed by atoms with Gasteiger partial charge in [0.25, 0.3) is 0 Å². The maximum atomic E-state index is 12.7. The average Bonchev–Trinajstić information content (AvgIpc) is 2.61. The molecule has 0 fully saturated rings. The van der Waals surface area contributed by atoms with E-state index in [1.54, 1.807) is 24.3 Å². The molecule has 0 spiro atoms. The van der Waals surface area contributed by atoms with E-state index in [1.165, 1.54) is 5.56 Å². The summed E-state index contributed by atoms with van der Waals surface area (Å²) in [7, 11) is 0. The molecule has 27 heavy (non-hydrogen) atoms. The minimum atomic E-state index is -0.547. The van der Waals surface area contributed by atoms with E-state index < -0.39 is 11.7 Å². The molecule has 2 amide bonds. The minimum absolute atomic E-state index is 0.00926. The van der Waals surface area contributed by atoms with Crippen LogP contribution in [-0.2, 0) is 16.0 Å². The second kappa shape index (κ2) is 7.82. The standard InChI is InChI=1S/C22H26N2O3/c1-22(2,3)27-21(26)24-17-13-11-16(12-14-17)23-20(25)19-10-6-8-15-7-4-5-9-18(15)19/h4-5,7,9,11-14,19H,6,8,10H2,1-3H3,(H,23,25)(H,24,26). The van der Waals surface area contributed by atoms with Crippen molar-refractivity contribution in [2.24, 2.45) is 0 Å². The molecule has 1 atom stereocenters. The molecule has 0 aliphatic heterocycles. The summed E-state index contributed by atoms with van der Waals surface area (Å²) in [5.74, 6) is -0.107. The highest BCUT2D eigenvalue weighted by atomic mass is 16.6. The molecule has 2 N–H and O–H groups in total. The molecule has 0 saturated heterocycles. The van der Waals surface area contributed by atoms with Gasteiger partial charge in [-0.2, -0.15) is 0 Å². The van der Waals surface area contributed by atoms with Crippen LogP contribution in [0.1, 0.15) is 50.7 Å². The van der Waals surface area contributed by atoms with E-state index in [-0.39, 0.29) is 11.8 Å². The molecule has 0 heterocycles.